The number of halogens is 2. The summed E-state index contributed by atoms with van der Waals surface area (Å²) in [7, 11) is -3.87. The van der Waals surface area contributed by atoms with E-state index in [1.165, 1.54) is 36.4 Å². The highest BCUT2D eigenvalue weighted by atomic mass is 35.5. The third-order valence-corrected chi connectivity index (χ3v) is 6.87. The zero-order valence-corrected chi connectivity index (χ0v) is 19.7. The summed E-state index contributed by atoms with van der Waals surface area (Å²) in [6, 6.07) is 17.8. The molecule has 1 atom stereocenters. The van der Waals surface area contributed by atoms with Gasteiger partial charge in [-0.05, 0) is 55.0 Å². The SMILES string of the molecule is C[C@H](NC(=O)Nc1ccc(S(=O)(=O)COC(=O)c2ccccc2)cc1)c1cccc(Cl)c1Cl. The van der Waals surface area contributed by atoms with Crippen molar-refractivity contribution in [1.82, 2.24) is 5.32 Å². The molecular formula is C23H20Cl2N2O5S. The van der Waals surface area contributed by atoms with E-state index in [1.807, 2.05) is 0 Å². The Morgan fingerprint density at radius 3 is 2.27 bits per heavy atom. The van der Waals surface area contributed by atoms with E-state index in [0.717, 1.165) is 0 Å². The van der Waals surface area contributed by atoms with Gasteiger partial charge < -0.3 is 15.4 Å². The predicted octanol–water partition coefficient (Wildman–Crippen LogP) is 5.46. The second-order valence-corrected chi connectivity index (χ2v) is 9.74. The standard InChI is InChI=1S/C23H20Cl2N2O5S/c1-15(19-8-5-9-20(24)21(19)25)26-23(29)27-17-10-12-18(13-11-17)33(30,31)14-32-22(28)16-6-3-2-4-7-16/h2-13,15H,14H2,1H3,(H2,26,27,29)/t15-/m0/s1. The zero-order chi connectivity index (χ0) is 24.0. The lowest BCUT2D eigenvalue weighted by molar-refractivity contribution is 0.0571. The summed E-state index contributed by atoms with van der Waals surface area (Å²) in [5, 5.41) is 6.10. The van der Waals surface area contributed by atoms with E-state index in [0.29, 0.717) is 21.3 Å². The van der Waals surface area contributed by atoms with Gasteiger partial charge in [0, 0.05) is 5.69 Å². The summed E-state index contributed by atoms with van der Waals surface area (Å²) in [6.07, 6.45) is 0. The summed E-state index contributed by atoms with van der Waals surface area (Å²) < 4.78 is 29.8. The summed E-state index contributed by atoms with van der Waals surface area (Å²) in [4.78, 5) is 24.2. The molecule has 0 radical (unpaired) electrons. The maximum Gasteiger partial charge on any atom is 0.339 e. The number of sulfone groups is 1. The van der Waals surface area contributed by atoms with Gasteiger partial charge in [0.15, 0.2) is 5.94 Å². The van der Waals surface area contributed by atoms with Gasteiger partial charge >= 0.3 is 12.0 Å². The molecule has 0 saturated heterocycles. The molecule has 0 spiro atoms. The Labute approximate surface area is 201 Å². The maximum absolute atomic E-state index is 12.5. The fraction of sp³-hybridized carbons (Fsp3) is 0.130. The number of carbonyl (C=O) groups is 2. The molecule has 33 heavy (non-hydrogen) atoms. The Kier molecular flexibility index (Phi) is 7.97. The van der Waals surface area contributed by atoms with Crippen LogP contribution in [0.2, 0.25) is 10.0 Å². The lowest BCUT2D eigenvalue weighted by Crippen LogP contribution is -2.31. The molecule has 0 heterocycles. The number of nitrogens with one attached hydrogen (secondary N) is 2. The number of hydrogen-bond acceptors (Lipinski definition) is 5. The summed E-state index contributed by atoms with van der Waals surface area (Å²) >= 11 is 12.2. The third kappa shape index (κ3) is 6.47. The van der Waals surface area contributed by atoms with Crippen molar-refractivity contribution >= 4 is 50.7 Å². The number of esters is 1. The quantitative estimate of drug-likeness (QED) is 0.414. The Morgan fingerprint density at radius 2 is 1.61 bits per heavy atom. The normalized spacial score (nSPS) is 12.0. The van der Waals surface area contributed by atoms with E-state index in [1.54, 1.807) is 43.3 Å². The first-order valence-electron chi connectivity index (χ1n) is 9.74. The largest absolute Gasteiger partial charge is 0.445 e. The van der Waals surface area contributed by atoms with Gasteiger partial charge in [-0.2, -0.15) is 0 Å². The smallest absolute Gasteiger partial charge is 0.339 e. The first kappa shape index (κ1) is 24.6. The van der Waals surface area contributed by atoms with Crippen molar-refractivity contribution in [3.63, 3.8) is 0 Å². The summed E-state index contributed by atoms with van der Waals surface area (Å²) in [5.41, 5.74) is 1.29. The van der Waals surface area contributed by atoms with Crippen molar-refractivity contribution in [2.24, 2.45) is 0 Å². The molecule has 2 N–H and O–H groups in total. The van der Waals surface area contributed by atoms with Crippen molar-refractivity contribution in [3.8, 4) is 0 Å². The molecule has 172 valence electrons. The van der Waals surface area contributed by atoms with Crippen LogP contribution in [0.15, 0.2) is 77.7 Å². The topological polar surface area (TPSA) is 102 Å². The highest BCUT2D eigenvalue weighted by Crippen LogP contribution is 2.29. The molecule has 10 heteroatoms. The molecule has 3 aromatic rings. The van der Waals surface area contributed by atoms with Gasteiger partial charge in [0.2, 0.25) is 9.84 Å². The van der Waals surface area contributed by atoms with Crippen molar-refractivity contribution in [1.29, 1.82) is 0 Å². The molecule has 2 amide bonds. The van der Waals surface area contributed by atoms with Crippen LogP contribution in [0.5, 0.6) is 0 Å². The van der Waals surface area contributed by atoms with E-state index >= 15 is 0 Å². The number of anilines is 1. The van der Waals surface area contributed by atoms with Crippen LogP contribution < -0.4 is 10.6 Å². The fourth-order valence-corrected chi connectivity index (χ4v) is 4.32. The molecule has 0 aliphatic rings. The second-order valence-electron chi connectivity index (χ2n) is 7.02. The van der Waals surface area contributed by atoms with Crippen LogP contribution in [0.4, 0.5) is 10.5 Å². The van der Waals surface area contributed by atoms with Gasteiger partial charge in [-0.25, -0.2) is 18.0 Å². The van der Waals surface area contributed by atoms with Gasteiger partial charge in [-0.15, -0.1) is 0 Å². The average Bonchev–Trinajstić information content (AvgIpc) is 2.80. The lowest BCUT2D eigenvalue weighted by Gasteiger charge is -2.17. The second kappa shape index (κ2) is 10.7. The van der Waals surface area contributed by atoms with E-state index in [2.05, 4.69) is 10.6 Å². The van der Waals surface area contributed by atoms with Crippen LogP contribution in [0.1, 0.15) is 28.9 Å². The van der Waals surface area contributed by atoms with Crippen LogP contribution in [0.25, 0.3) is 0 Å². The molecule has 0 saturated carbocycles. The number of amides is 2. The molecule has 0 bridgehead atoms. The Hall–Kier alpha value is -3.07. The molecule has 0 fully saturated rings. The van der Waals surface area contributed by atoms with Gasteiger partial charge in [0.05, 0.1) is 26.5 Å². The Morgan fingerprint density at radius 1 is 0.939 bits per heavy atom. The van der Waals surface area contributed by atoms with Crippen LogP contribution in [0.3, 0.4) is 0 Å². The lowest BCUT2D eigenvalue weighted by atomic mass is 10.1. The molecule has 0 aliphatic heterocycles. The molecule has 7 nitrogen and oxygen atoms in total. The number of ether oxygens (including phenoxy) is 1. The number of rotatable bonds is 7. The maximum atomic E-state index is 12.5. The van der Waals surface area contributed by atoms with Crippen LogP contribution in [0, 0.1) is 0 Å². The first-order valence-corrected chi connectivity index (χ1v) is 12.1. The van der Waals surface area contributed by atoms with Gasteiger partial charge in [-0.3, -0.25) is 0 Å². The average molecular weight is 507 g/mol. The van der Waals surface area contributed by atoms with Crippen LogP contribution >= 0.6 is 23.2 Å². The minimum Gasteiger partial charge on any atom is -0.445 e. The van der Waals surface area contributed by atoms with Gasteiger partial charge in [0.1, 0.15) is 0 Å². The van der Waals surface area contributed by atoms with E-state index in [4.69, 9.17) is 27.9 Å². The molecule has 3 rings (SSSR count). The molecule has 0 unspecified atom stereocenters. The van der Waals surface area contributed by atoms with Gasteiger partial charge in [0.25, 0.3) is 0 Å². The van der Waals surface area contributed by atoms with Crippen molar-refractivity contribution in [3.05, 3.63) is 94.0 Å². The van der Waals surface area contributed by atoms with Crippen molar-refractivity contribution in [2.45, 2.75) is 17.9 Å². The summed E-state index contributed by atoms with van der Waals surface area (Å²) in [6.45, 7) is 1.75. The monoisotopic (exact) mass is 506 g/mol. The van der Waals surface area contributed by atoms with E-state index < -0.39 is 33.8 Å². The molecule has 0 aromatic heterocycles. The zero-order valence-electron chi connectivity index (χ0n) is 17.4. The third-order valence-electron chi connectivity index (χ3n) is 4.62. The molecule has 3 aromatic carbocycles. The highest BCUT2D eigenvalue weighted by Gasteiger charge is 2.19. The minimum absolute atomic E-state index is 0.0478. The predicted molar refractivity (Wildman–Crippen MR) is 127 cm³/mol. The fourth-order valence-electron chi connectivity index (χ4n) is 2.90. The highest BCUT2D eigenvalue weighted by molar-refractivity contribution is 7.91. The van der Waals surface area contributed by atoms with Crippen molar-refractivity contribution < 1.29 is 22.7 Å². The Bertz CT molecular complexity index is 1250. The summed E-state index contributed by atoms with van der Waals surface area (Å²) in [5.74, 6) is -1.53. The van der Waals surface area contributed by atoms with E-state index in [9.17, 15) is 18.0 Å². The number of carbonyl (C=O) groups excluding carboxylic acids is 2. The van der Waals surface area contributed by atoms with Gasteiger partial charge in [-0.1, -0.05) is 53.5 Å². The number of benzene rings is 3. The molecule has 0 aliphatic carbocycles. The van der Waals surface area contributed by atoms with Crippen molar-refractivity contribution in [2.75, 3.05) is 11.3 Å². The minimum atomic E-state index is -3.87. The van der Waals surface area contributed by atoms with Crippen LogP contribution in [-0.2, 0) is 14.6 Å². The Balaban J connectivity index is 1.58. The molecular weight excluding hydrogens is 487 g/mol. The van der Waals surface area contributed by atoms with Crippen LogP contribution in [-0.4, -0.2) is 26.4 Å². The first-order chi connectivity index (χ1) is 15.7. The van der Waals surface area contributed by atoms with E-state index in [-0.39, 0.29) is 10.5 Å². The number of urea groups is 1. The number of hydrogen-bond donors (Lipinski definition) is 2.